The van der Waals surface area contributed by atoms with Crippen LogP contribution in [0.5, 0.6) is 0 Å². The second-order valence-corrected chi connectivity index (χ2v) is 16.9. The van der Waals surface area contributed by atoms with Gasteiger partial charge in [0.2, 0.25) is 0 Å². The minimum Gasteiger partial charge on any atom is -0.294 e. The normalized spacial score (nSPS) is 23.5. The summed E-state index contributed by atoms with van der Waals surface area (Å²) in [5.41, 5.74) is 4.02. The molecule has 0 radical (unpaired) electrons. The average Bonchev–Trinajstić information content (AvgIpc) is 3.06. The Morgan fingerprint density at radius 3 is 1.44 bits per heavy atom. The van der Waals surface area contributed by atoms with Crippen molar-refractivity contribution in [3.05, 3.63) is 34.4 Å². The first-order valence-electron chi connectivity index (χ1n) is 21.4. The smallest absolute Gasteiger partial charge is 0.160 e. The highest BCUT2D eigenvalue weighted by atomic mass is 16.1. The van der Waals surface area contributed by atoms with Crippen molar-refractivity contribution >= 4 is 11.6 Å². The van der Waals surface area contributed by atoms with Gasteiger partial charge in [0.05, 0.1) is 0 Å². The second-order valence-electron chi connectivity index (χ2n) is 16.9. The predicted molar refractivity (Wildman–Crippen MR) is 209 cm³/mol. The van der Waals surface area contributed by atoms with Crippen molar-refractivity contribution in [1.29, 1.82) is 0 Å². The summed E-state index contributed by atoms with van der Waals surface area (Å²) in [5.74, 6) is 3.83. The van der Waals surface area contributed by atoms with Crippen molar-refractivity contribution in [2.24, 2.45) is 23.7 Å². The summed E-state index contributed by atoms with van der Waals surface area (Å²) in [6.45, 7) is 12.6. The largest absolute Gasteiger partial charge is 0.294 e. The molecule has 2 nitrogen and oxygen atoms in total. The van der Waals surface area contributed by atoms with Gasteiger partial charge in [0.15, 0.2) is 11.6 Å². The molecule has 1 fully saturated rings. The topological polar surface area (TPSA) is 34.1 Å². The van der Waals surface area contributed by atoms with Crippen LogP contribution >= 0.6 is 0 Å². The van der Waals surface area contributed by atoms with Gasteiger partial charge in [-0.25, -0.2) is 0 Å². The number of Topliss-reactive ketones (excluding diaryl/α,β-unsaturated/α-hetero) is 2. The zero-order valence-corrected chi connectivity index (χ0v) is 32.9. The molecule has 0 aliphatic heterocycles. The van der Waals surface area contributed by atoms with E-state index in [0.29, 0.717) is 11.1 Å². The van der Waals surface area contributed by atoms with E-state index in [-0.39, 0.29) is 17.0 Å². The molecule has 3 rings (SSSR count). The lowest BCUT2D eigenvalue weighted by Crippen LogP contribution is -2.37. The average molecular weight is 663 g/mol. The van der Waals surface area contributed by atoms with Gasteiger partial charge in [0, 0.05) is 11.1 Å². The van der Waals surface area contributed by atoms with Gasteiger partial charge in [0.1, 0.15) is 0 Å². The van der Waals surface area contributed by atoms with E-state index < -0.39 is 0 Å². The molecule has 2 aliphatic rings. The van der Waals surface area contributed by atoms with Gasteiger partial charge in [-0.2, -0.15) is 0 Å². The Balaban J connectivity index is 1.63. The van der Waals surface area contributed by atoms with Crippen LogP contribution in [0.1, 0.15) is 240 Å². The summed E-state index contributed by atoms with van der Waals surface area (Å²) in [6.07, 6.45) is 37.9. The van der Waals surface area contributed by atoms with Crippen LogP contribution < -0.4 is 0 Å². The Labute approximate surface area is 298 Å². The molecule has 0 bridgehead atoms. The molecule has 0 saturated heterocycles. The van der Waals surface area contributed by atoms with Crippen molar-refractivity contribution in [2.45, 2.75) is 220 Å². The molecule has 274 valence electrons. The summed E-state index contributed by atoms with van der Waals surface area (Å²) in [4.78, 5) is 24.6. The molecular formula is C46H78O2. The molecule has 1 aromatic carbocycles. The van der Waals surface area contributed by atoms with Gasteiger partial charge in [-0.1, -0.05) is 163 Å². The Bertz CT molecular complexity index is 1070. The number of carbonyl (C=O) groups is 2. The van der Waals surface area contributed by atoms with Crippen molar-refractivity contribution in [2.75, 3.05) is 0 Å². The number of carbonyl (C=O) groups excluding carboxylic acids is 2. The first-order chi connectivity index (χ1) is 23.3. The van der Waals surface area contributed by atoms with E-state index >= 15 is 0 Å². The van der Waals surface area contributed by atoms with Crippen LogP contribution in [0, 0.1) is 23.7 Å². The van der Waals surface area contributed by atoms with E-state index in [9.17, 15) is 9.59 Å². The Kier molecular flexibility index (Phi) is 19.1. The van der Waals surface area contributed by atoms with Gasteiger partial charge in [-0.15, -0.1) is 0 Å². The van der Waals surface area contributed by atoms with Crippen molar-refractivity contribution < 1.29 is 9.59 Å². The molecule has 0 aromatic heterocycles. The fourth-order valence-electron chi connectivity index (χ4n) is 9.99. The summed E-state index contributed by atoms with van der Waals surface area (Å²) >= 11 is 0. The molecule has 0 heterocycles. The van der Waals surface area contributed by atoms with Crippen LogP contribution in [-0.2, 0) is 11.8 Å². The lowest BCUT2D eigenvalue weighted by molar-refractivity contribution is 0.0578. The summed E-state index contributed by atoms with van der Waals surface area (Å²) < 4.78 is 0. The van der Waals surface area contributed by atoms with Gasteiger partial charge in [-0.3, -0.25) is 9.59 Å². The van der Waals surface area contributed by atoms with Gasteiger partial charge in [-0.05, 0) is 105 Å². The van der Waals surface area contributed by atoms with E-state index in [2.05, 4.69) is 33.8 Å². The van der Waals surface area contributed by atoms with Crippen molar-refractivity contribution in [3.63, 3.8) is 0 Å². The molecule has 1 aromatic rings. The Hall–Kier alpha value is -1.44. The minimum atomic E-state index is 0.00753. The van der Waals surface area contributed by atoms with Crippen LogP contribution in [0.3, 0.4) is 0 Å². The number of benzene rings is 1. The lowest BCUT2D eigenvalue weighted by Gasteiger charge is -2.45. The van der Waals surface area contributed by atoms with E-state index in [1.54, 1.807) is 13.8 Å². The molecule has 0 amide bonds. The molecular weight excluding hydrogens is 585 g/mol. The highest BCUT2D eigenvalue weighted by Crippen LogP contribution is 2.49. The second kappa shape index (κ2) is 22.4. The number of ketones is 2. The number of rotatable bonds is 27. The quantitative estimate of drug-likeness (QED) is 0.0694. The molecule has 5 unspecified atom stereocenters. The van der Waals surface area contributed by atoms with E-state index in [0.717, 1.165) is 30.1 Å². The molecule has 5 atom stereocenters. The minimum absolute atomic E-state index is 0.00753. The maximum absolute atomic E-state index is 12.4. The van der Waals surface area contributed by atoms with Gasteiger partial charge >= 0.3 is 0 Å². The van der Waals surface area contributed by atoms with E-state index in [4.69, 9.17) is 0 Å². The van der Waals surface area contributed by atoms with Crippen LogP contribution in [0.2, 0.25) is 0 Å². The third-order valence-corrected chi connectivity index (χ3v) is 12.9. The Morgan fingerprint density at radius 1 is 0.562 bits per heavy atom. The molecule has 2 heteroatoms. The zero-order valence-electron chi connectivity index (χ0n) is 32.9. The van der Waals surface area contributed by atoms with Crippen LogP contribution in [0.4, 0.5) is 0 Å². The first kappa shape index (κ1) is 41.0. The third kappa shape index (κ3) is 12.7. The van der Waals surface area contributed by atoms with Gasteiger partial charge < -0.3 is 0 Å². The highest BCUT2D eigenvalue weighted by Gasteiger charge is 2.40. The van der Waals surface area contributed by atoms with Crippen LogP contribution in [-0.4, -0.2) is 11.6 Å². The van der Waals surface area contributed by atoms with Crippen LogP contribution in [0.25, 0.3) is 0 Å². The molecule has 48 heavy (non-hydrogen) atoms. The van der Waals surface area contributed by atoms with Crippen molar-refractivity contribution in [3.8, 4) is 0 Å². The first-order valence-corrected chi connectivity index (χ1v) is 21.4. The number of hydrogen-bond donors (Lipinski definition) is 0. The predicted octanol–water partition coefficient (Wildman–Crippen LogP) is 14.6. The van der Waals surface area contributed by atoms with E-state index in [1.165, 1.54) is 178 Å². The fourth-order valence-corrected chi connectivity index (χ4v) is 9.99. The molecule has 2 aliphatic carbocycles. The summed E-state index contributed by atoms with van der Waals surface area (Å²) in [6, 6.07) is 4.10. The Morgan fingerprint density at radius 2 is 0.958 bits per heavy atom. The monoisotopic (exact) mass is 663 g/mol. The van der Waals surface area contributed by atoms with Crippen molar-refractivity contribution in [1.82, 2.24) is 0 Å². The maximum atomic E-state index is 12.4. The lowest BCUT2D eigenvalue weighted by atomic mass is 9.60. The summed E-state index contributed by atoms with van der Waals surface area (Å²) in [5, 5.41) is 0. The van der Waals surface area contributed by atoms with E-state index in [1.807, 2.05) is 6.07 Å². The van der Waals surface area contributed by atoms with Gasteiger partial charge in [0.25, 0.3) is 0 Å². The standard InChI is InChI=1S/C46H78O2/c1-7-10-13-16-18-20-23-29-42-39(31-30-38(26-21-15-12-9-3)41(42)28-22-19-17-14-11-8-2)27-24-25-32-46(6)35-40-33-43(36(4)47)44(37(5)48)34-45(40)46/h33-34,38-39,41-42H,7-32,35H2,1-6H3. The highest BCUT2D eigenvalue weighted by molar-refractivity contribution is 6.07. The number of fused-ring (bicyclic) bond motifs is 1. The third-order valence-electron chi connectivity index (χ3n) is 12.9. The zero-order chi connectivity index (χ0) is 34.8. The number of unbranched alkanes of at least 4 members (excludes halogenated alkanes) is 15. The maximum Gasteiger partial charge on any atom is 0.160 e. The summed E-state index contributed by atoms with van der Waals surface area (Å²) in [7, 11) is 0. The number of hydrogen-bond acceptors (Lipinski definition) is 2. The molecule has 1 saturated carbocycles. The van der Waals surface area contributed by atoms with Crippen LogP contribution in [0.15, 0.2) is 12.1 Å². The fraction of sp³-hybridized carbons (Fsp3) is 0.826. The SMILES string of the molecule is CCCCCCCCCC1C(CCCCC2(C)Cc3cc(C(C)=O)c(C(C)=O)cc32)CCC(CCCCCC)C1CCCCCCCC. The molecule has 0 spiro atoms. The molecule has 0 N–H and O–H groups in total.